The highest BCUT2D eigenvalue weighted by molar-refractivity contribution is 9.10. The first kappa shape index (κ1) is 8.74. The van der Waals surface area contributed by atoms with Gasteiger partial charge in [0.15, 0.2) is 0 Å². The van der Waals surface area contributed by atoms with Crippen molar-refractivity contribution in [1.29, 1.82) is 0 Å². The molecule has 2 rings (SSSR count). The van der Waals surface area contributed by atoms with E-state index in [1.54, 1.807) is 0 Å². The number of carbonyl (C=O) groups is 1. The van der Waals surface area contributed by atoms with Crippen LogP contribution in [0.5, 0.6) is 0 Å². The zero-order valence-electron chi connectivity index (χ0n) is 7.91. The molecule has 0 N–H and O–H groups in total. The number of rotatable bonds is 0. The number of hydrogen-bond donors (Lipinski definition) is 0. The molecule has 0 aromatic heterocycles. The van der Waals surface area contributed by atoms with E-state index < -0.39 is 0 Å². The Bertz CT molecular complexity index is 259. The minimum absolute atomic E-state index is 0.0590. The number of halogens is 1. The van der Waals surface area contributed by atoms with Crippen LogP contribution in [-0.4, -0.2) is 10.1 Å². The largest absolute Gasteiger partial charge is 0.299 e. The summed E-state index contributed by atoms with van der Waals surface area (Å²) in [6.45, 7) is 6.57. The van der Waals surface area contributed by atoms with Gasteiger partial charge in [-0.3, -0.25) is 4.79 Å². The summed E-state index contributed by atoms with van der Waals surface area (Å²) in [7, 11) is 0. The highest BCUT2D eigenvalue weighted by Gasteiger charge is 2.68. The number of hydrogen-bond acceptors (Lipinski definition) is 1. The van der Waals surface area contributed by atoms with Crippen LogP contribution in [0.15, 0.2) is 0 Å². The first-order chi connectivity index (χ1) is 5.33. The van der Waals surface area contributed by atoms with Crippen LogP contribution in [0.25, 0.3) is 0 Å². The Morgan fingerprint density at radius 1 is 1.25 bits per heavy atom. The highest BCUT2D eigenvalue weighted by Crippen LogP contribution is 2.69. The summed E-state index contributed by atoms with van der Waals surface area (Å²) < 4.78 is 0.103. The molecule has 0 unspecified atom stereocenters. The Labute approximate surface area is 82.0 Å². The Morgan fingerprint density at radius 3 is 2.00 bits per heavy atom. The van der Waals surface area contributed by atoms with Crippen molar-refractivity contribution in [1.82, 2.24) is 0 Å². The Morgan fingerprint density at radius 2 is 1.83 bits per heavy atom. The monoisotopic (exact) mass is 230 g/mol. The third-order valence-corrected chi connectivity index (χ3v) is 6.25. The van der Waals surface area contributed by atoms with Gasteiger partial charge >= 0.3 is 0 Å². The van der Waals surface area contributed by atoms with Crippen LogP contribution in [0.1, 0.15) is 40.0 Å². The summed E-state index contributed by atoms with van der Waals surface area (Å²) in [5.74, 6) is 0.454. The predicted octanol–water partition coefficient (Wildman–Crippen LogP) is 2.92. The number of carbonyl (C=O) groups excluding carboxylic acids is 1. The van der Waals surface area contributed by atoms with Crippen LogP contribution in [0.2, 0.25) is 0 Å². The van der Waals surface area contributed by atoms with Crippen molar-refractivity contribution in [2.24, 2.45) is 10.8 Å². The SMILES string of the molecule is CC1(C)[C@@]2(Br)CC[C@]1(C)C(=O)C2. The van der Waals surface area contributed by atoms with Crippen molar-refractivity contribution < 1.29 is 4.79 Å². The average molecular weight is 231 g/mol. The zero-order valence-corrected chi connectivity index (χ0v) is 9.49. The van der Waals surface area contributed by atoms with Crippen molar-refractivity contribution >= 4 is 21.7 Å². The fraction of sp³-hybridized carbons (Fsp3) is 0.900. The lowest BCUT2D eigenvalue weighted by atomic mass is 9.70. The molecule has 2 aliphatic rings. The van der Waals surface area contributed by atoms with E-state index in [2.05, 4.69) is 36.7 Å². The van der Waals surface area contributed by atoms with Crippen molar-refractivity contribution in [3.8, 4) is 0 Å². The average Bonchev–Trinajstić information content (AvgIpc) is 2.18. The molecule has 2 saturated carbocycles. The molecular weight excluding hydrogens is 216 g/mol. The molecule has 1 nitrogen and oxygen atoms in total. The molecular formula is C10H15BrO. The first-order valence-corrected chi connectivity index (χ1v) is 5.35. The maximum absolute atomic E-state index is 11.7. The Kier molecular flexibility index (Phi) is 1.43. The van der Waals surface area contributed by atoms with E-state index in [9.17, 15) is 4.79 Å². The summed E-state index contributed by atoms with van der Waals surface area (Å²) in [5, 5.41) is 0. The molecule has 0 saturated heterocycles. The molecule has 0 aromatic carbocycles. The van der Waals surface area contributed by atoms with Crippen molar-refractivity contribution in [2.45, 2.75) is 44.4 Å². The summed E-state index contributed by atoms with van der Waals surface area (Å²) in [6.07, 6.45) is 2.95. The van der Waals surface area contributed by atoms with Gasteiger partial charge in [0.05, 0.1) is 0 Å². The van der Waals surface area contributed by atoms with E-state index in [1.165, 1.54) is 0 Å². The van der Waals surface area contributed by atoms with E-state index in [0.29, 0.717) is 5.78 Å². The molecule has 0 spiro atoms. The molecule has 0 aromatic rings. The first-order valence-electron chi connectivity index (χ1n) is 4.56. The van der Waals surface area contributed by atoms with E-state index in [1.807, 2.05) is 0 Å². The zero-order chi connectivity index (χ0) is 9.20. The van der Waals surface area contributed by atoms with Crippen LogP contribution in [0.3, 0.4) is 0 Å². The fourth-order valence-corrected chi connectivity index (χ4v) is 3.70. The van der Waals surface area contributed by atoms with Gasteiger partial charge in [-0.05, 0) is 18.3 Å². The summed E-state index contributed by atoms with van der Waals surface area (Å²) in [6, 6.07) is 0. The molecule has 2 bridgehead atoms. The second kappa shape index (κ2) is 1.97. The number of Topliss-reactive ketones (excluding diaryl/α,β-unsaturated/α-hetero) is 1. The quantitative estimate of drug-likeness (QED) is 0.586. The maximum atomic E-state index is 11.7. The van der Waals surface area contributed by atoms with E-state index in [-0.39, 0.29) is 15.2 Å². The highest BCUT2D eigenvalue weighted by atomic mass is 79.9. The van der Waals surface area contributed by atoms with Crippen LogP contribution < -0.4 is 0 Å². The normalized spacial score (nSPS) is 50.2. The Balaban J connectivity index is 2.56. The molecule has 2 aliphatic carbocycles. The van der Waals surface area contributed by atoms with Gasteiger partial charge in [0.25, 0.3) is 0 Å². The van der Waals surface area contributed by atoms with Gasteiger partial charge in [-0.25, -0.2) is 0 Å². The van der Waals surface area contributed by atoms with Crippen LogP contribution in [-0.2, 0) is 4.79 Å². The van der Waals surface area contributed by atoms with E-state index in [0.717, 1.165) is 19.3 Å². The van der Waals surface area contributed by atoms with Gasteiger partial charge in [-0.1, -0.05) is 36.7 Å². The molecule has 0 aliphatic heterocycles. The number of alkyl halides is 1. The van der Waals surface area contributed by atoms with Crippen LogP contribution in [0.4, 0.5) is 0 Å². The van der Waals surface area contributed by atoms with Crippen LogP contribution in [0, 0.1) is 10.8 Å². The lowest BCUT2D eigenvalue weighted by Crippen LogP contribution is -2.35. The molecule has 0 amide bonds. The summed E-state index contributed by atoms with van der Waals surface area (Å²) in [5.41, 5.74) is 0.0770. The molecule has 68 valence electrons. The van der Waals surface area contributed by atoms with Gasteiger partial charge in [0.1, 0.15) is 5.78 Å². The second-order valence-electron chi connectivity index (χ2n) is 5.02. The minimum Gasteiger partial charge on any atom is -0.299 e. The third kappa shape index (κ3) is 0.650. The van der Waals surface area contributed by atoms with Gasteiger partial charge < -0.3 is 0 Å². The standard InChI is InChI=1S/C10H15BrO/c1-8(2)9(3)4-5-10(8,11)6-7(9)12/h4-6H2,1-3H3/t9-,10-/m1/s1. The summed E-state index contributed by atoms with van der Waals surface area (Å²) in [4.78, 5) is 11.7. The lowest BCUT2D eigenvalue weighted by molar-refractivity contribution is -0.128. The second-order valence-corrected chi connectivity index (χ2v) is 6.54. The van der Waals surface area contributed by atoms with Gasteiger partial charge in [-0.15, -0.1) is 0 Å². The Hall–Kier alpha value is 0.150. The fourth-order valence-electron chi connectivity index (χ4n) is 2.81. The maximum Gasteiger partial charge on any atom is 0.140 e. The molecule has 2 fully saturated rings. The predicted molar refractivity (Wildman–Crippen MR) is 52.4 cm³/mol. The number of ketones is 1. The van der Waals surface area contributed by atoms with Gasteiger partial charge in [0.2, 0.25) is 0 Å². The molecule has 0 heterocycles. The third-order valence-electron chi connectivity index (χ3n) is 4.58. The summed E-state index contributed by atoms with van der Waals surface area (Å²) >= 11 is 3.76. The smallest absolute Gasteiger partial charge is 0.140 e. The molecule has 0 radical (unpaired) electrons. The lowest BCUT2D eigenvalue weighted by Gasteiger charge is -2.36. The minimum atomic E-state index is -0.0590. The number of fused-ring (bicyclic) bond motifs is 2. The van der Waals surface area contributed by atoms with Gasteiger partial charge in [-0.2, -0.15) is 0 Å². The van der Waals surface area contributed by atoms with Crippen molar-refractivity contribution in [3.05, 3.63) is 0 Å². The van der Waals surface area contributed by atoms with Gasteiger partial charge in [0, 0.05) is 16.2 Å². The van der Waals surface area contributed by atoms with Crippen molar-refractivity contribution in [3.63, 3.8) is 0 Å². The van der Waals surface area contributed by atoms with E-state index in [4.69, 9.17) is 0 Å². The topological polar surface area (TPSA) is 17.1 Å². The molecule has 2 atom stereocenters. The van der Waals surface area contributed by atoms with Crippen LogP contribution >= 0.6 is 15.9 Å². The molecule has 2 heteroatoms. The molecule has 12 heavy (non-hydrogen) atoms. The van der Waals surface area contributed by atoms with Crippen molar-refractivity contribution in [2.75, 3.05) is 0 Å². The van der Waals surface area contributed by atoms with E-state index >= 15 is 0 Å².